The van der Waals surface area contributed by atoms with E-state index in [4.69, 9.17) is 4.52 Å². The number of rotatable bonds is 0. The molecule has 0 atom stereocenters. The number of aromatic nitrogens is 1. The van der Waals surface area contributed by atoms with Gasteiger partial charge in [-0.15, -0.1) is 0 Å². The highest BCUT2D eigenvalue weighted by atomic mass is 79.9. The first-order valence-electron chi connectivity index (χ1n) is 3.29. The molecule has 0 aliphatic rings. The number of benzene rings is 1. The van der Waals surface area contributed by atoms with Gasteiger partial charge in [0.05, 0.1) is 0 Å². The van der Waals surface area contributed by atoms with E-state index in [0.717, 1.165) is 21.1 Å². The molecule has 0 aliphatic heterocycles. The third-order valence-electron chi connectivity index (χ3n) is 1.62. The molecule has 1 aromatic heterocycles. The zero-order chi connectivity index (χ0) is 7.84. The molecule has 0 saturated carbocycles. The Morgan fingerprint density at radius 3 is 3.09 bits per heavy atom. The summed E-state index contributed by atoms with van der Waals surface area (Å²) in [5.74, 6) is 0.868. The van der Waals surface area contributed by atoms with Gasteiger partial charge in [-0.3, -0.25) is 0 Å². The van der Waals surface area contributed by atoms with Crippen LogP contribution in [-0.4, -0.2) is 5.16 Å². The van der Waals surface area contributed by atoms with Crippen molar-refractivity contribution < 1.29 is 4.52 Å². The second kappa shape index (κ2) is 2.34. The van der Waals surface area contributed by atoms with Crippen LogP contribution in [0.2, 0.25) is 0 Å². The predicted octanol–water partition coefficient (Wildman–Crippen LogP) is 2.90. The highest BCUT2D eigenvalue weighted by Gasteiger charge is 2.02. The minimum atomic E-state index is 0.868. The number of fused-ring (bicyclic) bond motifs is 1. The van der Waals surface area contributed by atoms with E-state index in [0.29, 0.717) is 0 Å². The first kappa shape index (κ1) is 6.85. The van der Waals surface area contributed by atoms with Crippen molar-refractivity contribution in [3.05, 3.63) is 28.4 Å². The quantitative estimate of drug-likeness (QED) is 0.670. The molecule has 1 aromatic carbocycles. The lowest BCUT2D eigenvalue weighted by molar-refractivity contribution is 0.405. The number of hydrogen-bond donors (Lipinski definition) is 0. The molecule has 0 spiro atoms. The number of hydrogen-bond acceptors (Lipinski definition) is 2. The van der Waals surface area contributed by atoms with E-state index >= 15 is 0 Å². The maximum Gasteiger partial charge on any atom is 0.141 e. The van der Waals surface area contributed by atoms with E-state index in [1.54, 1.807) is 0 Å². The molecule has 11 heavy (non-hydrogen) atoms. The Balaban J connectivity index is 2.86. The van der Waals surface area contributed by atoms with Crippen LogP contribution in [0.15, 0.2) is 27.2 Å². The van der Waals surface area contributed by atoms with E-state index in [1.165, 1.54) is 0 Å². The summed E-state index contributed by atoms with van der Waals surface area (Å²) in [6.07, 6.45) is 0. The highest BCUT2D eigenvalue weighted by Crippen LogP contribution is 2.21. The van der Waals surface area contributed by atoms with Crippen molar-refractivity contribution in [1.29, 1.82) is 0 Å². The summed E-state index contributed by atoms with van der Waals surface area (Å²) in [4.78, 5) is 0. The molecule has 1 heterocycles. The maximum atomic E-state index is 5.00. The Morgan fingerprint density at radius 2 is 2.27 bits per heavy atom. The van der Waals surface area contributed by atoms with Crippen molar-refractivity contribution in [2.45, 2.75) is 6.92 Å². The van der Waals surface area contributed by atoms with Gasteiger partial charge in [0.1, 0.15) is 11.3 Å². The summed E-state index contributed by atoms with van der Waals surface area (Å²) < 4.78 is 6.03. The second-order valence-electron chi connectivity index (χ2n) is 2.40. The molecule has 0 amide bonds. The van der Waals surface area contributed by atoms with Crippen molar-refractivity contribution in [3.8, 4) is 0 Å². The van der Waals surface area contributed by atoms with Crippen LogP contribution < -0.4 is 0 Å². The summed E-state index contributed by atoms with van der Waals surface area (Å²) >= 11 is 3.36. The summed E-state index contributed by atoms with van der Waals surface area (Å²) in [5.41, 5.74) is 0.900. The fourth-order valence-electron chi connectivity index (χ4n) is 1.04. The van der Waals surface area contributed by atoms with Gasteiger partial charge in [-0.2, -0.15) is 0 Å². The molecule has 0 saturated heterocycles. The van der Waals surface area contributed by atoms with Crippen molar-refractivity contribution in [2.75, 3.05) is 0 Å². The predicted molar refractivity (Wildman–Crippen MR) is 46.4 cm³/mol. The van der Waals surface area contributed by atoms with Gasteiger partial charge in [-0.25, -0.2) is 0 Å². The minimum Gasteiger partial charge on any atom is -0.360 e. The molecule has 0 aliphatic carbocycles. The standard InChI is InChI=1S/C8H6BrNO/c1-5-7-3-2-6(9)4-8(7)10-11-5/h2-4H,1H3. The fraction of sp³-hybridized carbons (Fsp3) is 0.125. The molecule has 2 nitrogen and oxygen atoms in total. The molecular weight excluding hydrogens is 206 g/mol. The molecule has 0 fully saturated rings. The largest absolute Gasteiger partial charge is 0.360 e. The van der Waals surface area contributed by atoms with Gasteiger partial charge in [0, 0.05) is 9.86 Å². The average molecular weight is 212 g/mol. The monoisotopic (exact) mass is 211 g/mol. The van der Waals surface area contributed by atoms with Crippen LogP contribution in [-0.2, 0) is 0 Å². The van der Waals surface area contributed by atoms with Crippen LogP contribution in [0, 0.1) is 6.92 Å². The van der Waals surface area contributed by atoms with Gasteiger partial charge in [0.2, 0.25) is 0 Å². The lowest BCUT2D eigenvalue weighted by Crippen LogP contribution is -1.68. The maximum absolute atomic E-state index is 5.00. The van der Waals surface area contributed by atoms with Crippen molar-refractivity contribution in [2.24, 2.45) is 0 Å². The summed E-state index contributed by atoms with van der Waals surface area (Å²) in [6.45, 7) is 1.91. The number of aryl methyl sites for hydroxylation is 1. The van der Waals surface area contributed by atoms with E-state index in [1.807, 2.05) is 25.1 Å². The van der Waals surface area contributed by atoms with Gasteiger partial charge in [-0.05, 0) is 25.1 Å². The molecule has 0 bridgehead atoms. The second-order valence-corrected chi connectivity index (χ2v) is 3.32. The van der Waals surface area contributed by atoms with Crippen LogP contribution in [0.4, 0.5) is 0 Å². The van der Waals surface area contributed by atoms with Gasteiger partial charge >= 0.3 is 0 Å². The van der Waals surface area contributed by atoms with Crippen LogP contribution in [0.3, 0.4) is 0 Å². The fourth-order valence-corrected chi connectivity index (χ4v) is 1.39. The van der Waals surface area contributed by atoms with Crippen molar-refractivity contribution in [1.82, 2.24) is 5.16 Å². The summed E-state index contributed by atoms with van der Waals surface area (Å²) in [6, 6.07) is 5.91. The first-order valence-corrected chi connectivity index (χ1v) is 4.08. The lowest BCUT2D eigenvalue weighted by Gasteiger charge is -1.87. The Morgan fingerprint density at radius 1 is 1.45 bits per heavy atom. The van der Waals surface area contributed by atoms with Gasteiger partial charge in [0.25, 0.3) is 0 Å². The molecule has 0 N–H and O–H groups in total. The SMILES string of the molecule is Cc1onc2cc(Br)ccc12. The Labute approximate surface area is 72.3 Å². The van der Waals surface area contributed by atoms with E-state index in [2.05, 4.69) is 21.1 Å². The number of halogens is 1. The number of nitrogens with zero attached hydrogens (tertiary/aromatic N) is 1. The minimum absolute atomic E-state index is 0.868. The van der Waals surface area contributed by atoms with E-state index in [-0.39, 0.29) is 0 Å². The van der Waals surface area contributed by atoms with Crippen LogP contribution >= 0.6 is 15.9 Å². The van der Waals surface area contributed by atoms with Crippen LogP contribution in [0.25, 0.3) is 10.9 Å². The van der Waals surface area contributed by atoms with Gasteiger partial charge in [-0.1, -0.05) is 21.1 Å². The Bertz CT molecular complexity index is 394. The molecule has 0 radical (unpaired) electrons. The van der Waals surface area contributed by atoms with Crippen molar-refractivity contribution in [3.63, 3.8) is 0 Å². The lowest BCUT2D eigenvalue weighted by atomic mass is 10.2. The zero-order valence-corrected chi connectivity index (χ0v) is 7.55. The van der Waals surface area contributed by atoms with Crippen LogP contribution in [0.1, 0.15) is 5.76 Å². The molecule has 0 unspecified atom stereocenters. The van der Waals surface area contributed by atoms with Crippen LogP contribution in [0.5, 0.6) is 0 Å². The molecule has 2 rings (SSSR count). The third kappa shape index (κ3) is 1.05. The summed E-state index contributed by atoms with van der Waals surface area (Å²) in [5, 5.41) is 4.95. The smallest absolute Gasteiger partial charge is 0.141 e. The normalized spacial score (nSPS) is 10.7. The molecule has 3 heteroatoms. The topological polar surface area (TPSA) is 26.0 Å². The highest BCUT2D eigenvalue weighted by molar-refractivity contribution is 9.10. The van der Waals surface area contributed by atoms with Gasteiger partial charge < -0.3 is 4.52 Å². The average Bonchev–Trinajstić information content (AvgIpc) is 2.32. The van der Waals surface area contributed by atoms with Crippen molar-refractivity contribution >= 4 is 26.8 Å². The first-order chi connectivity index (χ1) is 5.27. The zero-order valence-electron chi connectivity index (χ0n) is 5.97. The molecule has 2 aromatic rings. The Hall–Kier alpha value is -0.830. The Kier molecular flexibility index (Phi) is 1.46. The van der Waals surface area contributed by atoms with E-state index in [9.17, 15) is 0 Å². The van der Waals surface area contributed by atoms with E-state index < -0.39 is 0 Å². The summed E-state index contributed by atoms with van der Waals surface area (Å²) in [7, 11) is 0. The molecular formula is C8H6BrNO. The molecule has 56 valence electrons. The third-order valence-corrected chi connectivity index (χ3v) is 2.11. The van der Waals surface area contributed by atoms with Gasteiger partial charge in [0.15, 0.2) is 0 Å².